The fourth-order valence-corrected chi connectivity index (χ4v) is 5.91. The Balaban J connectivity index is 1.18. The summed E-state index contributed by atoms with van der Waals surface area (Å²) in [6.45, 7) is 0. The Bertz CT molecular complexity index is 1390. The first-order chi connectivity index (χ1) is 20.4. The Labute approximate surface area is 252 Å². The lowest BCUT2D eigenvalue weighted by Gasteiger charge is -2.09. The largest absolute Gasteiger partial charge is 0.497 e. The predicted molar refractivity (Wildman–Crippen MR) is 160 cm³/mol. The van der Waals surface area contributed by atoms with E-state index in [2.05, 4.69) is 25.7 Å². The molecule has 1 N–H and O–H groups in total. The summed E-state index contributed by atoms with van der Waals surface area (Å²) in [5, 5.41) is 22.5. The molecule has 4 aromatic rings. The highest BCUT2D eigenvalue weighted by Crippen LogP contribution is 2.27. The van der Waals surface area contributed by atoms with Crippen molar-refractivity contribution in [3.8, 4) is 23.0 Å². The van der Waals surface area contributed by atoms with Crippen molar-refractivity contribution in [2.45, 2.75) is 44.9 Å². The number of benzene rings is 2. The van der Waals surface area contributed by atoms with Gasteiger partial charge in [0.05, 0.1) is 41.3 Å². The van der Waals surface area contributed by atoms with Crippen molar-refractivity contribution in [3.63, 3.8) is 0 Å². The van der Waals surface area contributed by atoms with Crippen molar-refractivity contribution in [2.24, 2.45) is 0 Å². The number of unbranched alkanes of at least 4 members (excludes halogenated alkanes) is 1. The van der Waals surface area contributed by atoms with Crippen molar-refractivity contribution < 1.29 is 28.5 Å². The quantitative estimate of drug-likeness (QED) is 0.180. The van der Waals surface area contributed by atoms with Crippen LogP contribution in [0, 0.1) is 0 Å². The first-order valence-corrected chi connectivity index (χ1v) is 14.9. The smallest absolute Gasteiger partial charge is 0.230 e. The van der Waals surface area contributed by atoms with E-state index in [-0.39, 0.29) is 31.0 Å². The monoisotopic (exact) mass is 611 g/mol. The molecule has 1 amide bonds. The average Bonchev–Trinajstić information content (AvgIpc) is 3.64. The molecule has 2 aromatic carbocycles. The molecule has 0 saturated heterocycles. The number of amides is 1. The molecule has 222 valence electrons. The van der Waals surface area contributed by atoms with Crippen LogP contribution in [0.4, 0.5) is 5.13 Å². The van der Waals surface area contributed by atoms with Gasteiger partial charge in [-0.15, -0.1) is 31.7 Å². The molecule has 0 aliphatic carbocycles. The number of hydrogen-bond donors (Lipinski definition) is 1. The molecule has 4 rings (SSSR count). The second-order valence-corrected chi connectivity index (χ2v) is 11.5. The number of aryl methyl sites for hydroxylation is 2. The van der Waals surface area contributed by atoms with Gasteiger partial charge in [0, 0.05) is 42.5 Å². The fraction of sp³-hybridized carbons (Fsp3) is 0.379. The maximum Gasteiger partial charge on any atom is 0.230 e. The number of hydrogen-bond acceptors (Lipinski definition) is 12. The number of aromatic nitrogens is 4. The standard InChI is InChI=1S/C29H33N5O6S2/c1-37-21-11-9-18(23(16-21)39-3)13-20(35)15-28-33-31-26(41-28)7-5-6-8-27-32-34-29(42-27)30-25(36)14-19-10-12-22(38-2)17-24(19)40-4/h9-12,16-17H,5-8,13-15H2,1-4H3,(H,30,34,36). The zero-order valence-corrected chi connectivity index (χ0v) is 25.6. The van der Waals surface area contributed by atoms with Gasteiger partial charge in [0.1, 0.15) is 43.8 Å². The second-order valence-electron chi connectivity index (χ2n) is 9.27. The van der Waals surface area contributed by atoms with Crippen LogP contribution < -0.4 is 24.3 Å². The number of ether oxygens (including phenoxy) is 4. The molecule has 0 aliphatic rings. The van der Waals surface area contributed by atoms with Crippen LogP contribution in [-0.4, -0.2) is 60.5 Å². The van der Waals surface area contributed by atoms with Crippen molar-refractivity contribution in [3.05, 3.63) is 62.5 Å². The van der Waals surface area contributed by atoms with Gasteiger partial charge in [0.2, 0.25) is 11.0 Å². The molecule has 0 spiro atoms. The van der Waals surface area contributed by atoms with Crippen LogP contribution in [-0.2, 0) is 41.7 Å². The van der Waals surface area contributed by atoms with Gasteiger partial charge < -0.3 is 24.3 Å². The van der Waals surface area contributed by atoms with Crippen molar-refractivity contribution in [2.75, 3.05) is 33.8 Å². The van der Waals surface area contributed by atoms with Crippen LogP contribution in [0.3, 0.4) is 0 Å². The van der Waals surface area contributed by atoms with Gasteiger partial charge in [-0.3, -0.25) is 9.59 Å². The van der Waals surface area contributed by atoms with Gasteiger partial charge in [-0.2, -0.15) is 0 Å². The van der Waals surface area contributed by atoms with Crippen LogP contribution in [0.15, 0.2) is 36.4 Å². The normalized spacial score (nSPS) is 10.8. The van der Waals surface area contributed by atoms with Gasteiger partial charge >= 0.3 is 0 Å². The first kappa shape index (κ1) is 30.8. The molecule has 0 saturated carbocycles. The third-order valence-electron chi connectivity index (χ3n) is 6.33. The lowest BCUT2D eigenvalue weighted by molar-refractivity contribution is -0.118. The molecule has 0 aliphatic heterocycles. The number of rotatable bonds is 16. The number of ketones is 1. The summed E-state index contributed by atoms with van der Waals surface area (Å²) < 4.78 is 21.2. The summed E-state index contributed by atoms with van der Waals surface area (Å²) in [4.78, 5) is 25.2. The van der Waals surface area contributed by atoms with E-state index in [4.69, 9.17) is 18.9 Å². The minimum absolute atomic E-state index is 0.0449. The summed E-state index contributed by atoms with van der Waals surface area (Å²) in [7, 11) is 6.30. The molecule has 0 bridgehead atoms. The maximum absolute atomic E-state index is 12.6. The first-order valence-electron chi connectivity index (χ1n) is 13.3. The molecular formula is C29H33N5O6S2. The molecular weight excluding hydrogens is 578 g/mol. The summed E-state index contributed by atoms with van der Waals surface area (Å²) in [5.74, 6) is 2.40. The Kier molecular flexibility index (Phi) is 11.2. The lowest BCUT2D eigenvalue weighted by atomic mass is 10.1. The van der Waals surface area contributed by atoms with Gasteiger partial charge in [0.15, 0.2) is 0 Å². The van der Waals surface area contributed by atoms with E-state index in [0.717, 1.165) is 46.8 Å². The Morgan fingerprint density at radius 3 is 1.81 bits per heavy atom. The van der Waals surface area contributed by atoms with Crippen molar-refractivity contribution in [1.29, 1.82) is 0 Å². The highest BCUT2D eigenvalue weighted by molar-refractivity contribution is 7.15. The highest BCUT2D eigenvalue weighted by Gasteiger charge is 2.15. The van der Waals surface area contributed by atoms with Gasteiger partial charge in [-0.1, -0.05) is 23.5 Å². The van der Waals surface area contributed by atoms with Gasteiger partial charge in [0.25, 0.3) is 0 Å². The maximum atomic E-state index is 12.6. The zero-order chi connectivity index (χ0) is 29.9. The summed E-state index contributed by atoms with van der Waals surface area (Å²) in [5.41, 5.74) is 1.56. The number of nitrogens with zero attached hydrogens (tertiary/aromatic N) is 4. The van der Waals surface area contributed by atoms with Crippen LogP contribution in [0.25, 0.3) is 0 Å². The predicted octanol–water partition coefficient (Wildman–Crippen LogP) is 4.52. The Hall–Kier alpha value is -4.10. The van der Waals surface area contributed by atoms with Crippen molar-refractivity contribution >= 4 is 39.5 Å². The summed E-state index contributed by atoms with van der Waals surface area (Å²) in [6, 6.07) is 10.8. The van der Waals surface area contributed by atoms with Crippen molar-refractivity contribution in [1.82, 2.24) is 20.4 Å². The van der Waals surface area contributed by atoms with Crippen LogP contribution in [0.2, 0.25) is 0 Å². The Morgan fingerprint density at radius 1 is 0.667 bits per heavy atom. The van der Waals surface area contributed by atoms with Crippen LogP contribution >= 0.6 is 22.7 Å². The molecule has 13 heteroatoms. The molecule has 11 nitrogen and oxygen atoms in total. The Morgan fingerprint density at radius 2 is 1.21 bits per heavy atom. The van der Waals surface area contributed by atoms with Crippen LogP contribution in [0.1, 0.15) is 39.0 Å². The number of nitrogens with one attached hydrogen (secondary N) is 1. The van der Waals surface area contributed by atoms with E-state index in [1.54, 1.807) is 46.6 Å². The highest BCUT2D eigenvalue weighted by atomic mass is 32.1. The summed E-state index contributed by atoms with van der Waals surface area (Å²) in [6.07, 6.45) is 3.92. The SMILES string of the molecule is COc1ccc(CC(=O)Cc2nnc(CCCCc3nnc(NC(=O)Cc4ccc(OC)cc4OC)s3)s2)c(OC)c1. The number of methoxy groups -OCH3 is 4. The zero-order valence-electron chi connectivity index (χ0n) is 24.0. The minimum Gasteiger partial charge on any atom is -0.497 e. The second kappa shape index (κ2) is 15.2. The number of Topliss-reactive ketones (excluding diaryl/α,β-unsaturated/α-hetero) is 1. The van der Waals surface area contributed by atoms with Crippen LogP contribution in [0.5, 0.6) is 23.0 Å². The minimum atomic E-state index is -0.199. The van der Waals surface area contributed by atoms with E-state index >= 15 is 0 Å². The molecule has 42 heavy (non-hydrogen) atoms. The number of anilines is 1. The molecule has 0 atom stereocenters. The molecule has 2 heterocycles. The van der Waals surface area contributed by atoms with E-state index in [0.29, 0.717) is 33.1 Å². The molecule has 2 aromatic heterocycles. The van der Waals surface area contributed by atoms with E-state index in [1.165, 1.54) is 22.7 Å². The molecule has 0 unspecified atom stereocenters. The number of carbonyl (C=O) groups is 2. The third-order valence-corrected chi connectivity index (χ3v) is 8.21. The molecule has 0 radical (unpaired) electrons. The van der Waals surface area contributed by atoms with E-state index in [1.807, 2.05) is 18.2 Å². The number of carbonyl (C=O) groups excluding carboxylic acids is 2. The third kappa shape index (κ3) is 8.70. The van der Waals surface area contributed by atoms with Gasteiger partial charge in [-0.05, 0) is 25.0 Å². The summed E-state index contributed by atoms with van der Waals surface area (Å²) >= 11 is 2.83. The average molecular weight is 612 g/mol. The van der Waals surface area contributed by atoms with E-state index in [9.17, 15) is 9.59 Å². The van der Waals surface area contributed by atoms with E-state index < -0.39 is 0 Å². The lowest BCUT2D eigenvalue weighted by Crippen LogP contribution is -2.14. The van der Waals surface area contributed by atoms with Gasteiger partial charge in [-0.25, -0.2) is 0 Å². The molecule has 0 fully saturated rings. The topological polar surface area (TPSA) is 135 Å². The fourth-order valence-electron chi connectivity index (χ4n) is 4.19.